The largest absolute Gasteiger partial charge is 0.396 e. The molecule has 0 aliphatic heterocycles. The molecule has 1 N–H and O–H groups in total. The first-order valence-corrected chi connectivity index (χ1v) is 11.8. The standard InChI is InChI=1S/C26H42N2O3/c1-16(2)31-25(21(15-29)20-12-17(20)3)11-9-10-24(30)23-14-27-22(19(5)28-23)13-18(4)26(6,7)8/h13-14,16-17,20-21,25,29H,9-12,15H2,1-8H3/b18-13+. The van der Waals surface area contributed by atoms with E-state index in [4.69, 9.17) is 4.74 Å². The molecule has 5 heteroatoms. The molecule has 174 valence electrons. The summed E-state index contributed by atoms with van der Waals surface area (Å²) in [4.78, 5) is 21.7. The number of ether oxygens (including phenoxy) is 1. The van der Waals surface area contributed by atoms with E-state index in [1.165, 1.54) is 5.57 Å². The Hall–Kier alpha value is -1.59. The second-order valence-electron chi connectivity index (χ2n) is 10.6. The number of allylic oxidation sites excluding steroid dienone is 1. The van der Waals surface area contributed by atoms with E-state index < -0.39 is 0 Å². The van der Waals surface area contributed by atoms with Crippen molar-refractivity contribution in [2.45, 2.75) is 93.3 Å². The third-order valence-corrected chi connectivity index (χ3v) is 6.56. The molecule has 1 aromatic rings. The van der Waals surface area contributed by atoms with Gasteiger partial charge in [0, 0.05) is 18.9 Å². The molecule has 4 atom stereocenters. The molecule has 2 rings (SSSR count). The number of hydrogen-bond donors (Lipinski definition) is 1. The van der Waals surface area contributed by atoms with Crippen LogP contribution in [0.4, 0.5) is 0 Å². The van der Waals surface area contributed by atoms with Gasteiger partial charge in [0.2, 0.25) is 0 Å². The summed E-state index contributed by atoms with van der Waals surface area (Å²) in [6, 6.07) is 0. The molecule has 1 heterocycles. The second-order valence-corrected chi connectivity index (χ2v) is 10.6. The lowest BCUT2D eigenvalue weighted by atomic mass is 9.87. The number of aryl methyl sites for hydroxylation is 1. The normalized spacial score (nSPS) is 21.3. The van der Waals surface area contributed by atoms with Crippen LogP contribution in [0.15, 0.2) is 11.8 Å². The molecule has 0 bridgehead atoms. The van der Waals surface area contributed by atoms with Gasteiger partial charge in [-0.2, -0.15) is 0 Å². The lowest BCUT2D eigenvalue weighted by Crippen LogP contribution is -2.31. The number of rotatable bonds is 11. The van der Waals surface area contributed by atoms with Crippen LogP contribution in [-0.2, 0) is 4.74 Å². The number of nitrogens with zero attached hydrogens (tertiary/aromatic N) is 2. The van der Waals surface area contributed by atoms with Gasteiger partial charge in [0.25, 0.3) is 0 Å². The smallest absolute Gasteiger partial charge is 0.182 e. The third kappa shape index (κ3) is 7.50. The van der Waals surface area contributed by atoms with E-state index in [1.807, 2.05) is 20.8 Å². The SMILES string of the molecule is C/C(=C\c1ncc(C(=O)CCCC(OC(C)C)C(CO)C2CC2C)nc1C)C(C)(C)C. The minimum absolute atomic E-state index is 0.00606. The molecule has 1 aliphatic carbocycles. The predicted molar refractivity (Wildman–Crippen MR) is 126 cm³/mol. The van der Waals surface area contributed by atoms with Crippen molar-refractivity contribution < 1.29 is 14.6 Å². The maximum atomic E-state index is 12.7. The fourth-order valence-electron chi connectivity index (χ4n) is 3.99. The van der Waals surface area contributed by atoms with Gasteiger partial charge in [0.1, 0.15) is 5.69 Å². The minimum Gasteiger partial charge on any atom is -0.396 e. The number of carbonyl (C=O) groups excluding carboxylic acids is 1. The predicted octanol–water partition coefficient (Wildman–Crippen LogP) is 5.65. The van der Waals surface area contributed by atoms with Crippen molar-refractivity contribution in [2.75, 3.05) is 6.61 Å². The molecule has 1 fully saturated rings. The van der Waals surface area contributed by atoms with Gasteiger partial charge in [-0.25, -0.2) is 4.98 Å². The van der Waals surface area contributed by atoms with Gasteiger partial charge >= 0.3 is 0 Å². The van der Waals surface area contributed by atoms with E-state index in [1.54, 1.807) is 6.20 Å². The third-order valence-electron chi connectivity index (χ3n) is 6.56. The van der Waals surface area contributed by atoms with E-state index >= 15 is 0 Å². The van der Waals surface area contributed by atoms with Gasteiger partial charge < -0.3 is 9.84 Å². The Morgan fingerprint density at radius 1 is 1.35 bits per heavy atom. The molecule has 1 saturated carbocycles. The van der Waals surface area contributed by atoms with Gasteiger partial charge in [-0.1, -0.05) is 33.3 Å². The molecule has 0 saturated heterocycles. The molecule has 31 heavy (non-hydrogen) atoms. The van der Waals surface area contributed by atoms with Crippen LogP contribution in [0.25, 0.3) is 6.08 Å². The van der Waals surface area contributed by atoms with Crippen molar-refractivity contribution in [3.8, 4) is 0 Å². The zero-order chi connectivity index (χ0) is 23.3. The van der Waals surface area contributed by atoms with Crippen LogP contribution < -0.4 is 0 Å². The van der Waals surface area contributed by atoms with Crippen molar-refractivity contribution in [1.82, 2.24) is 9.97 Å². The van der Waals surface area contributed by atoms with Gasteiger partial charge in [-0.15, -0.1) is 0 Å². The number of aliphatic hydroxyl groups is 1. The zero-order valence-electron chi connectivity index (χ0n) is 20.7. The molecule has 0 amide bonds. The van der Waals surface area contributed by atoms with Gasteiger partial charge in [0.05, 0.1) is 29.8 Å². The van der Waals surface area contributed by atoms with Gasteiger partial charge in [-0.3, -0.25) is 9.78 Å². The lowest BCUT2D eigenvalue weighted by molar-refractivity contribution is -0.0521. The molecule has 0 spiro atoms. The van der Waals surface area contributed by atoms with Crippen LogP contribution in [0.5, 0.6) is 0 Å². The van der Waals surface area contributed by atoms with E-state index in [0.717, 1.165) is 30.7 Å². The summed E-state index contributed by atoms with van der Waals surface area (Å²) in [5.41, 5.74) is 3.32. The van der Waals surface area contributed by atoms with E-state index in [-0.39, 0.29) is 35.9 Å². The number of ketones is 1. The highest BCUT2D eigenvalue weighted by molar-refractivity contribution is 5.94. The van der Waals surface area contributed by atoms with Crippen LogP contribution in [-0.4, -0.2) is 39.7 Å². The maximum Gasteiger partial charge on any atom is 0.182 e. The fraction of sp³-hybridized carbons (Fsp3) is 0.731. The van der Waals surface area contributed by atoms with Gasteiger partial charge in [0.15, 0.2) is 5.78 Å². The topological polar surface area (TPSA) is 72.3 Å². The highest BCUT2D eigenvalue weighted by Gasteiger charge is 2.43. The zero-order valence-corrected chi connectivity index (χ0v) is 20.7. The quantitative estimate of drug-likeness (QED) is 0.460. The Labute approximate surface area is 188 Å². The van der Waals surface area contributed by atoms with Crippen molar-refractivity contribution in [3.63, 3.8) is 0 Å². The highest BCUT2D eigenvalue weighted by Crippen LogP contribution is 2.46. The first-order chi connectivity index (χ1) is 14.4. The Morgan fingerprint density at radius 2 is 2.00 bits per heavy atom. The Balaban J connectivity index is 1.98. The van der Waals surface area contributed by atoms with Crippen molar-refractivity contribution in [3.05, 3.63) is 28.9 Å². The molecular formula is C26H42N2O3. The molecule has 5 nitrogen and oxygen atoms in total. The highest BCUT2D eigenvalue weighted by atomic mass is 16.5. The Kier molecular flexibility index (Phi) is 8.96. The van der Waals surface area contributed by atoms with Crippen molar-refractivity contribution in [2.24, 2.45) is 23.2 Å². The number of carbonyl (C=O) groups is 1. The summed E-state index contributed by atoms with van der Waals surface area (Å²) in [7, 11) is 0. The summed E-state index contributed by atoms with van der Waals surface area (Å²) in [6.45, 7) is 16.9. The summed E-state index contributed by atoms with van der Waals surface area (Å²) in [6.07, 6.45) is 6.82. The van der Waals surface area contributed by atoms with Crippen molar-refractivity contribution >= 4 is 11.9 Å². The molecular weight excluding hydrogens is 388 g/mol. The van der Waals surface area contributed by atoms with Crippen LogP contribution >= 0.6 is 0 Å². The van der Waals surface area contributed by atoms with E-state index in [0.29, 0.717) is 24.0 Å². The molecule has 1 aromatic heterocycles. The summed E-state index contributed by atoms with van der Waals surface area (Å²) >= 11 is 0. The number of Topliss-reactive ketones (excluding diaryl/α,β-unsaturated/α-hetero) is 1. The van der Waals surface area contributed by atoms with E-state index in [9.17, 15) is 9.90 Å². The Bertz CT molecular complexity index is 779. The summed E-state index contributed by atoms with van der Waals surface area (Å²) in [5.74, 6) is 1.37. The second kappa shape index (κ2) is 10.8. The van der Waals surface area contributed by atoms with Crippen molar-refractivity contribution in [1.29, 1.82) is 0 Å². The summed E-state index contributed by atoms with van der Waals surface area (Å²) < 4.78 is 6.13. The summed E-state index contributed by atoms with van der Waals surface area (Å²) in [5, 5.41) is 9.92. The van der Waals surface area contributed by atoms with Crippen LogP contribution in [0, 0.1) is 30.1 Å². The first-order valence-electron chi connectivity index (χ1n) is 11.8. The lowest BCUT2D eigenvalue weighted by Gasteiger charge is -2.28. The monoisotopic (exact) mass is 430 g/mol. The van der Waals surface area contributed by atoms with Crippen LogP contribution in [0.2, 0.25) is 0 Å². The van der Waals surface area contributed by atoms with Crippen LogP contribution in [0.3, 0.4) is 0 Å². The number of aromatic nitrogens is 2. The number of aliphatic hydroxyl groups excluding tert-OH is 1. The van der Waals surface area contributed by atoms with E-state index in [2.05, 4.69) is 50.7 Å². The molecule has 1 aliphatic rings. The fourth-order valence-corrected chi connectivity index (χ4v) is 3.99. The number of hydrogen-bond acceptors (Lipinski definition) is 5. The van der Waals surface area contributed by atoms with Gasteiger partial charge in [-0.05, 0) is 70.3 Å². The molecule has 0 radical (unpaired) electrons. The Morgan fingerprint density at radius 3 is 2.48 bits per heavy atom. The minimum atomic E-state index is -0.00606. The average molecular weight is 431 g/mol. The average Bonchev–Trinajstić information content (AvgIpc) is 3.38. The molecule has 0 aromatic carbocycles. The van der Waals surface area contributed by atoms with Crippen LogP contribution in [0.1, 0.15) is 96.0 Å². The molecule has 4 unspecified atom stereocenters. The first kappa shape index (κ1) is 25.7. The maximum absolute atomic E-state index is 12.7.